The molecule has 0 radical (unpaired) electrons. The lowest BCUT2D eigenvalue weighted by molar-refractivity contribution is -0.387. The second-order valence-electron chi connectivity index (χ2n) is 3.05. The van der Waals surface area contributed by atoms with Gasteiger partial charge in [0.05, 0.1) is 4.92 Å². The molecule has 1 fully saturated rings. The summed E-state index contributed by atoms with van der Waals surface area (Å²) in [7, 11) is 0. The molecule has 0 aromatic heterocycles. The molecule has 0 heterocycles. The van der Waals surface area contributed by atoms with Crippen molar-refractivity contribution in [2.75, 3.05) is 0 Å². The minimum absolute atomic E-state index is 0. The SMILES string of the molecule is C.NC1CC1.O=[N+]([O-])c1ccccc1F. The van der Waals surface area contributed by atoms with Crippen LogP contribution in [0.5, 0.6) is 0 Å². The molecule has 1 aliphatic carbocycles. The first-order valence-corrected chi connectivity index (χ1v) is 4.25. The third-order valence-electron chi connectivity index (χ3n) is 1.67. The molecule has 1 aromatic carbocycles. The summed E-state index contributed by atoms with van der Waals surface area (Å²) < 4.78 is 12.4. The lowest BCUT2D eigenvalue weighted by Crippen LogP contribution is -1.94. The van der Waals surface area contributed by atoms with E-state index in [0.29, 0.717) is 6.04 Å². The van der Waals surface area contributed by atoms with Crippen molar-refractivity contribution < 1.29 is 9.31 Å². The highest BCUT2D eigenvalue weighted by molar-refractivity contribution is 5.30. The largest absolute Gasteiger partial charge is 0.328 e. The van der Waals surface area contributed by atoms with Crippen LogP contribution in [0.25, 0.3) is 0 Å². The van der Waals surface area contributed by atoms with E-state index < -0.39 is 16.4 Å². The molecule has 2 N–H and O–H groups in total. The van der Waals surface area contributed by atoms with Crippen molar-refractivity contribution in [1.29, 1.82) is 0 Å². The number of benzene rings is 1. The van der Waals surface area contributed by atoms with Gasteiger partial charge in [-0.2, -0.15) is 4.39 Å². The Bertz CT molecular complexity index is 327. The molecule has 0 atom stereocenters. The number of nitro benzene ring substituents is 1. The topological polar surface area (TPSA) is 69.2 Å². The van der Waals surface area contributed by atoms with Gasteiger partial charge in [-0.15, -0.1) is 0 Å². The molecule has 0 bridgehead atoms. The quantitative estimate of drug-likeness (QED) is 0.576. The zero-order chi connectivity index (χ0) is 10.6. The van der Waals surface area contributed by atoms with E-state index in [4.69, 9.17) is 5.73 Å². The first-order chi connectivity index (χ1) is 6.61. The molecule has 0 spiro atoms. The molecule has 0 aliphatic heterocycles. The van der Waals surface area contributed by atoms with E-state index in [2.05, 4.69) is 0 Å². The molecule has 15 heavy (non-hydrogen) atoms. The Kier molecular flexibility index (Phi) is 5.48. The van der Waals surface area contributed by atoms with Gasteiger partial charge in [0.2, 0.25) is 5.82 Å². The highest BCUT2D eigenvalue weighted by Gasteiger charge is 2.13. The molecule has 2 rings (SSSR count). The number of halogens is 1. The summed E-state index contributed by atoms with van der Waals surface area (Å²) in [4.78, 5) is 9.23. The summed E-state index contributed by atoms with van der Waals surface area (Å²) in [5.41, 5.74) is 4.74. The maximum absolute atomic E-state index is 12.4. The number of hydrogen-bond acceptors (Lipinski definition) is 3. The Labute approximate surface area is 88.1 Å². The van der Waals surface area contributed by atoms with E-state index >= 15 is 0 Å². The van der Waals surface area contributed by atoms with Crippen LogP contribution in [0, 0.1) is 15.9 Å². The third kappa shape index (κ3) is 5.07. The van der Waals surface area contributed by atoms with Crippen molar-refractivity contribution in [3.63, 3.8) is 0 Å². The Hall–Kier alpha value is -1.49. The van der Waals surface area contributed by atoms with Crippen LogP contribution >= 0.6 is 0 Å². The van der Waals surface area contributed by atoms with E-state index in [1.807, 2.05) is 0 Å². The van der Waals surface area contributed by atoms with Crippen molar-refractivity contribution in [1.82, 2.24) is 0 Å². The van der Waals surface area contributed by atoms with Gasteiger partial charge in [0.1, 0.15) is 0 Å². The van der Waals surface area contributed by atoms with Crippen LogP contribution in [0.2, 0.25) is 0 Å². The lowest BCUT2D eigenvalue weighted by Gasteiger charge is -1.89. The van der Waals surface area contributed by atoms with Crippen LogP contribution in [-0.2, 0) is 0 Å². The van der Waals surface area contributed by atoms with E-state index in [1.54, 1.807) is 0 Å². The molecular weight excluding hydrogens is 199 g/mol. The molecule has 1 aromatic rings. The second kappa shape index (κ2) is 6.08. The highest BCUT2D eigenvalue weighted by Crippen LogP contribution is 2.14. The molecule has 1 aliphatic rings. The zero-order valence-corrected chi connectivity index (χ0v) is 7.52. The smallest absolute Gasteiger partial charge is 0.304 e. The van der Waals surface area contributed by atoms with Gasteiger partial charge in [0.25, 0.3) is 0 Å². The fourth-order valence-electron chi connectivity index (χ4n) is 0.696. The van der Waals surface area contributed by atoms with Crippen LogP contribution < -0.4 is 5.73 Å². The van der Waals surface area contributed by atoms with Crippen molar-refractivity contribution in [3.8, 4) is 0 Å². The maximum atomic E-state index is 12.4. The van der Waals surface area contributed by atoms with Crippen LogP contribution in [0.4, 0.5) is 10.1 Å². The summed E-state index contributed by atoms with van der Waals surface area (Å²) >= 11 is 0. The first-order valence-electron chi connectivity index (χ1n) is 4.25. The second-order valence-corrected chi connectivity index (χ2v) is 3.05. The molecule has 0 saturated heterocycles. The Morgan fingerprint density at radius 2 is 1.87 bits per heavy atom. The van der Waals surface area contributed by atoms with Crippen molar-refractivity contribution in [2.45, 2.75) is 26.3 Å². The Morgan fingerprint density at radius 1 is 1.40 bits per heavy atom. The molecule has 84 valence electrons. The molecule has 1 saturated carbocycles. The average Bonchev–Trinajstić information content (AvgIpc) is 2.89. The van der Waals surface area contributed by atoms with Crippen LogP contribution in [0.1, 0.15) is 20.3 Å². The van der Waals surface area contributed by atoms with Gasteiger partial charge < -0.3 is 5.73 Å². The van der Waals surface area contributed by atoms with E-state index in [9.17, 15) is 14.5 Å². The molecular formula is C10H15FN2O2. The summed E-state index contributed by atoms with van der Waals surface area (Å²) in [5, 5.41) is 9.99. The van der Waals surface area contributed by atoms with E-state index in [1.165, 1.54) is 25.0 Å². The first kappa shape index (κ1) is 13.5. The number of hydrogen-bond donors (Lipinski definition) is 1. The van der Waals surface area contributed by atoms with Gasteiger partial charge >= 0.3 is 5.69 Å². The fourth-order valence-corrected chi connectivity index (χ4v) is 0.696. The number of nitrogens with zero attached hydrogens (tertiary/aromatic N) is 1. The van der Waals surface area contributed by atoms with Crippen LogP contribution in [0.3, 0.4) is 0 Å². The Morgan fingerprint density at radius 3 is 2.13 bits per heavy atom. The standard InChI is InChI=1S/C6H4FNO2.C3H7N.CH4/c7-5-3-1-2-4-6(5)8(9)10;4-3-1-2-3;/h1-4H;3H,1-2,4H2;1H4. The zero-order valence-electron chi connectivity index (χ0n) is 7.52. The van der Waals surface area contributed by atoms with Gasteiger partial charge in [0, 0.05) is 12.1 Å². The fraction of sp³-hybridized carbons (Fsp3) is 0.400. The van der Waals surface area contributed by atoms with Crippen molar-refractivity contribution in [2.24, 2.45) is 5.73 Å². The minimum atomic E-state index is -0.799. The monoisotopic (exact) mass is 214 g/mol. The van der Waals surface area contributed by atoms with Gasteiger partial charge in [-0.3, -0.25) is 10.1 Å². The maximum Gasteiger partial charge on any atom is 0.304 e. The van der Waals surface area contributed by atoms with Gasteiger partial charge in [-0.25, -0.2) is 0 Å². The summed E-state index contributed by atoms with van der Waals surface area (Å²) in [6.45, 7) is 0. The van der Waals surface area contributed by atoms with Crippen LogP contribution in [-0.4, -0.2) is 11.0 Å². The number of nitro groups is 1. The molecule has 5 heteroatoms. The number of nitrogens with two attached hydrogens (primary N) is 1. The number of rotatable bonds is 1. The predicted molar refractivity (Wildman–Crippen MR) is 57.0 cm³/mol. The average molecular weight is 214 g/mol. The predicted octanol–water partition coefficient (Wildman–Crippen LogP) is 2.48. The van der Waals surface area contributed by atoms with Crippen molar-refractivity contribution >= 4 is 5.69 Å². The normalized spacial score (nSPS) is 13.2. The third-order valence-corrected chi connectivity index (χ3v) is 1.67. The van der Waals surface area contributed by atoms with Gasteiger partial charge in [-0.1, -0.05) is 19.6 Å². The van der Waals surface area contributed by atoms with Gasteiger partial charge in [0.15, 0.2) is 0 Å². The Balaban J connectivity index is 0.000000331. The summed E-state index contributed by atoms with van der Waals surface area (Å²) in [5.74, 6) is -0.799. The summed E-state index contributed by atoms with van der Waals surface area (Å²) in [6, 6.07) is 5.58. The molecule has 4 nitrogen and oxygen atoms in total. The molecule has 0 unspecified atom stereocenters. The summed E-state index contributed by atoms with van der Waals surface area (Å²) in [6.07, 6.45) is 2.53. The number of para-hydroxylation sites is 1. The highest BCUT2D eigenvalue weighted by atomic mass is 19.1. The van der Waals surface area contributed by atoms with Crippen molar-refractivity contribution in [3.05, 3.63) is 40.2 Å². The van der Waals surface area contributed by atoms with E-state index in [0.717, 1.165) is 12.1 Å². The lowest BCUT2D eigenvalue weighted by atomic mass is 10.3. The van der Waals surface area contributed by atoms with Crippen LogP contribution in [0.15, 0.2) is 24.3 Å². The molecule has 0 amide bonds. The van der Waals surface area contributed by atoms with E-state index in [-0.39, 0.29) is 7.43 Å². The minimum Gasteiger partial charge on any atom is -0.328 e. The van der Waals surface area contributed by atoms with Gasteiger partial charge in [-0.05, 0) is 18.9 Å².